The first-order chi connectivity index (χ1) is 11.6. The Kier molecular flexibility index (Phi) is 4.70. The summed E-state index contributed by atoms with van der Waals surface area (Å²) in [7, 11) is 0. The molecule has 0 unspecified atom stereocenters. The third kappa shape index (κ3) is 3.35. The van der Waals surface area contributed by atoms with Crippen LogP contribution >= 0.6 is 0 Å². The van der Waals surface area contributed by atoms with Crippen molar-refractivity contribution < 1.29 is 13.2 Å². The second kappa shape index (κ2) is 6.91. The van der Waals surface area contributed by atoms with E-state index in [9.17, 15) is 13.2 Å². The summed E-state index contributed by atoms with van der Waals surface area (Å²) in [5.41, 5.74) is 2.86. The topological polar surface area (TPSA) is 0 Å². The average Bonchev–Trinajstić information content (AvgIpc) is 2.60. The molecule has 0 radical (unpaired) electrons. The molecule has 0 nitrogen and oxygen atoms in total. The highest BCUT2D eigenvalue weighted by atomic mass is 19.2. The quantitative estimate of drug-likeness (QED) is 0.563. The van der Waals surface area contributed by atoms with E-state index in [-0.39, 0.29) is 16.9 Å². The standard InChI is InChI=1S/C21H17F3/c1-14-6-13-18(21(24)20(14)23)16-10-7-15(8-11-16)9-12-17-4-2-3-5-19(17)22/h2-8,10-11,13H,9,12H2,1H3. The molecular formula is C21H17F3. The van der Waals surface area contributed by atoms with Gasteiger partial charge in [0.15, 0.2) is 11.6 Å². The van der Waals surface area contributed by atoms with Gasteiger partial charge in [0.2, 0.25) is 0 Å². The summed E-state index contributed by atoms with van der Waals surface area (Å²) in [5.74, 6) is -1.84. The van der Waals surface area contributed by atoms with Crippen molar-refractivity contribution in [2.45, 2.75) is 19.8 Å². The van der Waals surface area contributed by atoms with Crippen LogP contribution in [0, 0.1) is 24.4 Å². The summed E-state index contributed by atoms with van der Waals surface area (Å²) in [4.78, 5) is 0. The fourth-order valence-electron chi connectivity index (χ4n) is 2.70. The maximum Gasteiger partial charge on any atom is 0.166 e. The first-order valence-corrected chi connectivity index (χ1v) is 7.83. The van der Waals surface area contributed by atoms with Crippen molar-refractivity contribution in [3.05, 3.63) is 94.8 Å². The number of benzene rings is 3. The largest absolute Gasteiger partial charge is 0.207 e. The summed E-state index contributed by atoms with van der Waals surface area (Å²) in [6, 6.07) is 17.1. The molecule has 0 aliphatic carbocycles. The van der Waals surface area contributed by atoms with E-state index in [0.717, 1.165) is 5.56 Å². The van der Waals surface area contributed by atoms with Crippen LogP contribution in [0.4, 0.5) is 13.2 Å². The Hall–Kier alpha value is -2.55. The van der Waals surface area contributed by atoms with Crippen LogP contribution in [0.1, 0.15) is 16.7 Å². The Morgan fingerprint density at radius 1 is 0.708 bits per heavy atom. The fourth-order valence-corrected chi connectivity index (χ4v) is 2.70. The van der Waals surface area contributed by atoms with Crippen LogP contribution in [-0.2, 0) is 12.8 Å². The minimum Gasteiger partial charge on any atom is -0.207 e. The second-order valence-corrected chi connectivity index (χ2v) is 5.85. The van der Waals surface area contributed by atoms with Gasteiger partial charge in [-0.2, -0.15) is 0 Å². The van der Waals surface area contributed by atoms with E-state index >= 15 is 0 Å². The van der Waals surface area contributed by atoms with E-state index in [1.54, 1.807) is 36.4 Å². The number of aryl methyl sites for hydroxylation is 3. The predicted molar refractivity (Wildman–Crippen MR) is 90.3 cm³/mol. The zero-order valence-corrected chi connectivity index (χ0v) is 13.3. The van der Waals surface area contributed by atoms with Crippen molar-refractivity contribution in [1.29, 1.82) is 0 Å². The van der Waals surface area contributed by atoms with Crippen LogP contribution in [0.2, 0.25) is 0 Å². The Labute approximate surface area is 139 Å². The molecule has 0 aliphatic rings. The molecule has 3 rings (SSSR count). The Bertz CT molecular complexity index is 851. The van der Waals surface area contributed by atoms with Crippen LogP contribution in [0.15, 0.2) is 60.7 Å². The van der Waals surface area contributed by atoms with Crippen LogP contribution < -0.4 is 0 Å². The first kappa shape index (κ1) is 16.3. The molecule has 0 spiro atoms. The van der Waals surface area contributed by atoms with E-state index in [4.69, 9.17) is 0 Å². The summed E-state index contributed by atoms with van der Waals surface area (Å²) in [5, 5.41) is 0. The third-order valence-corrected chi connectivity index (χ3v) is 4.18. The van der Waals surface area contributed by atoms with Gasteiger partial charge in [0.25, 0.3) is 0 Å². The van der Waals surface area contributed by atoms with Gasteiger partial charge in [-0.3, -0.25) is 0 Å². The summed E-state index contributed by atoms with van der Waals surface area (Å²) in [6.45, 7) is 1.54. The van der Waals surface area contributed by atoms with Crippen LogP contribution in [-0.4, -0.2) is 0 Å². The number of halogens is 3. The predicted octanol–water partition coefficient (Wildman–Crippen LogP) is 5.86. The molecular weight excluding hydrogens is 309 g/mol. The van der Waals surface area contributed by atoms with Gasteiger partial charge in [-0.25, -0.2) is 13.2 Å². The van der Waals surface area contributed by atoms with Gasteiger partial charge in [0.1, 0.15) is 5.82 Å². The summed E-state index contributed by atoms with van der Waals surface area (Å²) < 4.78 is 41.4. The lowest BCUT2D eigenvalue weighted by Gasteiger charge is -2.08. The Morgan fingerprint density at radius 2 is 1.42 bits per heavy atom. The highest BCUT2D eigenvalue weighted by molar-refractivity contribution is 5.65. The van der Waals surface area contributed by atoms with Crippen LogP contribution in [0.25, 0.3) is 11.1 Å². The molecule has 0 aromatic heterocycles. The van der Waals surface area contributed by atoms with Crippen molar-refractivity contribution in [3.8, 4) is 11.1 Å². The lowest BCUT2D eigenvalue weighted by Crippen LogP contribution is -1.95. The minimum absolute atomic E-state index is 0.202. The Morgan fingerprint density at radius 3 is 2.12 bits per heavy atom. The zero-order chi connectivity index (χ0) is 17.1. The number of hydrogen-bond acceptors (Lipinski definition) is 0. The SMILES string of the molecule is Cc1ccc(-c2ccc(CCc3ccccc3F)cc2)c(F)c1F. The molecule has 0 atom stereocenters. The van der Waals surface area contributed by atoms with E-state index in [0.29, 0.717) is 24.0 Å². The average molecular weight is 326 g/mol. The van der Waals surface area contributed by atoms with Gasteiger partial charge in [-0.15, -0.1) is 0 Å². The smallest absolute Gasteiger partial charge is 0.166 e. The van der Waals surface area contributed by atoms with E-state index in [2.05, 4.69) is 0 Å². The molecule has 0 amide bonds. The molecule has 0 N–H and O–H groups in total. The molecule has 0 saturated carbocycles. The lowest BCUT2D eigenvalue weighted by molar-refractivity contribution is 0.505. The molecule has 0 saturated heterocycles. The lowest BCUT2D eigenvalue weighted by atomic mass is 9.99. The van der Waals surface area contributed by atoms with Gasteiger partial charge < -0.3 is 0 Å². The molecule has 3 aromatic carbocycles. The third-order valence-electron chi connectivity index (χ3n) is 4.18. The normalized spacial score (nSPS) is 10.8. The van der Waals surface area contributed by atoms with Gasteiger partial charge >= 0.3 is 0 Å². The maximum atomic E-state index is 14.0. The van der Waals surface area contributed by atoms with Crippen LogP contribution in [0.5, 0.6) is 0 Å². The highest BCUT2D eigenvalue weighted by Gasteiger charge is 2.12. The van der Waals surface area contributed by atoms with Gasteiger partial charge in [-0.1, -0.05) is 54.6 Å². The van der Waals surface area contributed by atoms with E-state index in [1.807, 2.05) is 18.2 Å². The number of rotatable bonds is 4. The van der Waals surface area contributed by atoms with Crippen molar-refractivity contribution in [3.63, 3.8) is 0 Å². The van der Waals surface area contributed by atoms with Crippen LogP contribution in [0.3, 0.4) is 0 Å². The fraction of sp³-hybridized carbons (Fsp3) is 0.143. The molecule has 3 aromatic rings. The molecule has 24 heavy (non-hydrogen) atoms. The van der Waals surface area contributed by atoms with Crippen molar-refractivity contribution >= 4 is 0 Å². The maximum absolute atomic E-state index is 14.0. The van der Waals surface area contributed by atoms with Gasteiger partial charge in [0.05, 0.1) is 0 Å². The second-order valence-electron chi connectivity index (χ2n) is 5.85. The number of hydrogen-bond donors (Lipinski definition) is 0. The highest BCUT2D eigenvalue weighted by Crippen LogP contribution is 2.26. The molecule has 3 heteroatoms. The van der Waals surface area contributed by atoms with Crippen molar-refractivity contribution in [2.75, 3.05) is 0 Å². The molecule has 0 bridgehead atoms. The van der Waals surface area contributed by atoms with Gasteiger partial charge in [0, 0.05) is 5.56 Å². The molecule has 0 aliphatic heterocycles. The monoisotopic (exact) mass is 326 g/mol. The van der Waals surface area contributed by atoms with Crippen molar-refractivity contribution in [1.82, 2.24) is 0 Å². The van der Waals surface area contributed by atoms with Gasteiger partial charge in [-0.05, 0) is 48.1 Å². The molecule has 122 valence electrons. The van der Waals surface area contributed by atoms with Crippen molar-refractivity contribution in [2.24, 2.45) is 0 Å². The minimum atomic E-state index is -0.825. The molecule has 0 fully saturated rings. The summed E-state index contributed by atoms with van der Waals surface area (Å²) in [6.07, 6.45) is 1.28. The Balaban J connectivity index is 1.77. The van der Waals surface area contributed by atoms with E-state index < -0.39 is 11.6 Å². The zero-order valence-electron chi connectivity index (χ0n) is 13.3. The first-order valence-electron chi connectivity index (χ1n) is 7.83. The molecule has 0 heterocycles. The summed E-state index contributed by atoms with van der Waals surface area (Å²) >= 11 is 0. The van der Waals surface area contributed by atoms with E-state index in [1.165, 1.54) is 13.0 Å².